The molecule has 154 valence electrons. The van der Waals surface area contributed by atoms with Crippen LogP contribution in [0.1, 0.15) is 5.56 Å². The average Bonchev–Trinajstić information content (AvgIpc) is 2.64. The minimum Gasteiger partial charge on any atom is -0.406 e. The molecule has 0 spiro atoms. The van der Waals surface area contributed by atoms with Crippen LogP contribution in [-0.4, -0.2) is 35.9 Å². The lowest BCUT2D eigenvalue weighted by Gasteiger charge is -2.09. The van der Waals surface area contributed by atoms with E-state index in [2.05, 4.69) is 20.6 Å². The number of hydrogen-bond donors (Lipinski definition) is 2. The zero-order chi connectivity index (χ0) is 21.3. The van der Waals surface area contributed by atoms with Crippen molar-refractivity contribution in [3.8, 4) is 5.75 Å². The summed E-state index contributed by atoms with van der Waals surface area (Å²) in [5, 5.41) is 6.89. The third kappa shape index (κ3) is 9.35. The predicted octanol–water partition coefficient (Wildman–Crippen LogP) is 4.06. The van der Waals surface area contributed by atoms with E-state index in [0.717, 1.165) is 29.5 Å². The van der Waals surface area contributed by atoms with Crippen LogP contribution in [0.4, 0.5) is 18.9 Å². The van der Waals surface area contributed by atoms with Crippen molar-refractivity contribution in [3.05, 3.63) is 59.1 Å². The third-order valence-corrected chi connectivity index (χ3v) is 4.30. The molecule has 0 aliphatic heterocycles. The van der Waals surface area contributed by atoms with Crippen LogP contribution >= 0.6 is 23.4 Å². The van der Waals surface area contributed by atoms with Gasteiger partial charge in [0.25, 0.3) is 0 Å². The van der Waals surface area contributed by atoms with Gasteiger partial charge < -0.3 is 10.1 Å². The second-order valence-corrected chi connectivity index (χ2v) is 6.88. The Morgan fingerprint density at radius 2 is 1.66 bits per heavy atom. The summed E-state index contributed by atoms with van der Waals surface area (Å²) in [6.45, 7) is 0. The van der Waals surface area contributed by atoms with Gasteiger partial charge in [-0.1, -0.05) is 23.7 Å². The first-order valence-corrected chi connectivity index (χ1v) is 9.55. The van der Waals surface area contributed by atoms with E-state index < -0.39 is 12.3 Å². The normalized spacial score (nSPS) is 11.3. The Morgan fingerprint density at radius 3 is 2.28 bits per heavy atom. The number of halogens is 4. The number of carbonyl (C=O) groups excluding carboxylic acids is 2. The van der Waals surface area contributed by atoms with E-state index in [-0.39, 0.29) is 23.2 Å². The molecule has 0 aliphatic rings. The highest BCUT2D eigenvalue weighted by molar-refractivity contribution is 8.00. The zero-order valence-electron chi connectivity index (χ0n) is 14.7. The average molecular weight is 446 g/mol. The van der Waals surface area contributed by atoms with Gasteiger partial charge in [0.05, 0.1) is 17.7 Å². The molecule has 0 heterocycles. The molecule has 0 radical (unpaired) electrons. The number of carbonyl (C=O) groups is 2. The molecule has 0 bridgehead atoms. The van der Waals surface area contributed by atoms with Crippen LogP contribution in [0.5, 0.6) is 5.75 Å². The lowest BCUT2D eigenvalue weighted by atomic mass is 10.2. The molecule has 2 rings (SSSR count). The van der Waals surface area contributed by atoms with Crippen LogP contribution in [0.25, 0.3) is 0 Å². The van der Waals surface area contributed by atoms with Gasteiger partial charge >= 0.3 is 6.36 Å². The van der Waals surface area contributed by atoms with E-state index in [1.54, 1.807) is 24.3 Å². The van der Waals surface area contributed by atoms with Gasteiger partial charge in [0, 0.05) is 10.7 Å². The van der Waals surface area contributed by atoms with Crippen molar-refractivity contribution in [2.24, 2.45) is 5.10 Å². The molecule has 0 saturated heterocycles. The van der Waals surface area contributed by atoms with E-state index >= 15 is 0 Å². The van der Waals surface area contributed by atoms with Gasteiger partial charge in [0.15, 0.2) is 0 Å². The number of hydrogen-bond acceptors (Lipinski definition) is 5. The maximum absolute atomic E-state index is 12.1. The van der Waals surface area contributed by atoms with Crippen LogP contribution in [0.3, 0.4) is 0 Å². The Bertz CT molecular complexity index is 859. The maximum atomic E-state index is 12.1. The fourth-order valence-corrected chi connectivity index (χ4v) is 2.67. The summed E-state index contributed by atoms with van der Waals surface area (Å²) in [6, 6.07) is 11.6. The van der Waals surface area contributed by atoms with Crippen LogP contribution in [0.15, 0.2) is 53.6 Å². The smallest absolute Gasteiger partial charge is 0.406 e. The first kappa shape index (κ1) is 22.6. The van der Waals surface area contributed by atoms with Gasteiger partial charge in [-0.25, -0.2) is 5.43 Å². The molecular formula is C18H15ClF3N3O3S. The Labute approximate surface area is 173 Å². The molecule has 0 fully saturated rings. The fraction of sp³-hybridized carbons (Fsp3) is 0.167. The number of anilines is 1. The van der Waals surface area contributed by atoms with Crippen molar-refractivity contribution >= 4 is 47.1 Å². The minimum atomic E-state index is -4.78. The number of ether oxygens (including phenoxy) is 1. The number of hydrazone groups is 1. The summed E-state index contributed by atoms with van der Waals surface area (Å²) < 4.78 is 40.0. The summed E-state index contributed by atoms with van der Waals surface area (Å²) in [4.78, 5) is 23.5. The van der Waals surface area contributed by atoms with Crippen molar-refractivity contribution in [1.82, 2.24) is 5.43 Å². The quantitative estimate of drug-likeness (QED) is 0.474. The number of benzene rings is 2. The molecule has 0 aliphatic carbocycles. The van der Waals surface area contributed by atoms with Gasteiger partial charge in [-0.05, 0) is 42.0 Å². The van der Waals surface area contributed by atoms with E-state index in [0.29, 0.717) is 10.7 Å². The number of nitrogens with one attached hydrogen (secondary N) is 2. The molecule has 0 unspecified atom stereocenters. The monoisotopic (exact) mass is 445 g/mol. The van der Waals surface area contributed by atoms with Crippen molar-refractivity contribution < 1.29 is 27.5 Å². The molecule has 0 saturated carbocycles. The van der Waals surface area contributed by atoms with Gasteiger partial charge in [-0.3, -0.25) is 9.59 Å². The summed E-state index contributed by atoms with van der Waals surface area (Å²) in [7, 11) is 0. The Morgan fingerprint density at radius 1 is 1.03 bits per heavy atom. The van der Waals surface area contributed by atoms with Crippen molar-refractivity contribution in [3.63, 3.8) is 0 Å². The van der Waals surface area contributed by atoms with E-state index in [1.165, 1.54) is 18.3 Å². The second kappa shape index (κ2) is 10.7. The van der Waals surface area contributed by atoms with Crippen molar-refractivity contribution in [2.75, 3.05) is 16.8 Å². The largest absolute Gasteiger partial charge is 0.573 e. The highest BCUT2D eigenvalue weighted by Gasteiger charge is 2.30. The molecule has 2 aromatic carbocycles. The highest BCUT2D eigenvalue weighted by atomic mass is 35.5. The predicted molar refractivity (Wildman–Crippen MR) is 106 cm³/mol. The third-order valence-electron chi connectivity index (χ3n) is 3.11. The SMILES string of the molecule is O=C(CSCC(=O)Nc1ccc(OC(F)(F)F)cc1)N/N=C\c1ccc(Cl)cc1. The van der Waals surface area contributed by atoms with E-state index in [1.807, 2.05) is 0 Å². The summed E-state index contributed by atoms with van der Waals surface area (Å²) >= 11 is 6.82. The molecule has 0 atom stereocenters. The molecule has 2 N–H and O–H groups in total. The van der Waals surface area contributed by atoms with Crippen LogP contribution in [-0.2, 0) is 9.59 Å². The number of rotatable bonds is 8. The molecule has 11 heteroatoms. The summed E-state index contributed by atoms with van der Waals surface area (Å²) in [5.41, 5.74) is 3.40. The summed E-state index contributed by atoms with van der Waals surface area (Å²) in [6.07, 6.45) is -3.32. The van der Waals surface area contributed by atoms with Crippen LogP contribution < -0.4 is 15.5 Å². The zero-order valence-corrected chi connectivity index (χ0v) is 16.3. The molecular weight excluding hydrogens is 431 g/mol. The Hall–Kier alpha value is -2.72. The van der Waals surface area contributed by atoms with Crippen LogP contribution in [0, 0.1) is 0 Å². The lowest BCUT2D eigenvalue weighted by Crippen LogP contribution is -2.21. The van der Waals surface area contributed by atoms with Gasteiger partial charge in [0.2, 0.25) is 11.8 Å². The lowest BCUT2D eigenvalue weighted by molar-refractivity contribution is -0.274. The number of amides is 2. The van der Waals surface area contributed by atoms with E-state index in [9.17, 15) is 22.8 Å². The molecule has 2 amide bonds. The Balaban J connectivity index is 1.67. The Kier molecular flexibility index (Phi) is 8.34. The number of nitrogens with zero attached hydrogens (tertiary/aromatic N) is 1. The number of thioether (sulfide) groups is 1. The molecule has 29 heavy (non-hydrogen) atoms. The van der Waals surface area contributed by atoms with Gasteiger partial charge in [0.1, 0.15) is 5.75 Å². The van der Waals surface area contributed by atoms with Crippen LogP contribution in [0.2, 0.25) is 5.02 Å². The molecule has 2 aromatic rings. The molecule has 6 nitrogen and oxygen atoms in total. The van der Waals surface area contributed by atoms with Gasteiger partial charge in [-0.2, -0.15) is 5.10 Å². The first-order valence-electron chi connectivity index (χ1n) is 8.02. The summed E-state index contributed by atoms with van der Waals surface area (Å²) in [5.74, 6) is -1.20. The number of alkyl halides is 3. The molecule has 0 aromatic heterocycles. The first-order chi connectivity index (χ1) is 13.7. The highest BCUT2D eigenvalue weighted by Crippen LogP contribution is 2.24. The van der Waals surface area contributed by atoms with Gasteiger partial charge in [-0.15, -0.1) is 24.9 Å². The van der Waals surface area contributed by atoms with Crippen molar-refractivity contribution in [2.45, 2.75) is 6.36 Å². The maximum Gasteiger partial charge on any atom is 0.573 e. The minimum absolute atomic E-state index is 0.00371. The topological polar surface area (TPSA) is 79.8 Å². The standard InChI is InChI=1S/C18H15ClF3N3O3S/c19-13-3-1-12(2-4-13)9-23-25-17(27)11-29-10-16(26)24-14-5-7-15(8-6-14)28-18(20,21)22/h1-9H,10-11H2,(H,24,26)(H,25,27)/b23-9-. The fourth-order valence-electron chi connectivity index (χ4n) is 1.93. The van der Waals surface area contributed by atoms with Crippen molar-refractivity contribution in [1.29, 1.82) is 0 Å². The second-order valence-electron chi connectivity index (χ2n) is 5.46. The van der Waals surface area contributed by atoms with E-state index in [4.69, 9.17) is 11.6 Å².